The van der Waals surface area contributed by atoms with Crippen LogP contribution < -0.4 is 14.2 Å². The minimum Gasteiger partial charge on any atom is -0.423 e. The SMILES string of the molecule is C=C(C)C(=O)Oc1ccc(OC(=O)c2ccc(OC(=O)C(=C)C)c(F)c2)cc1. The molecule has 144 valence electrons. The molecule has 0 aliphatic carbocycles. The summed E-state index contributed by atoms with van der Waals surface area (Å²) in [5, 5.41) is 0. The van der Waals surface area contributed by atoms with Gasteiger partial charge in [0.2, 0.25) is 0 Å². The Bertz CT molecular complexity index is 959. The Balaban J connectivity index is 2.05. The Labute approximate surface area is 160 Å². The molecular weight excluding hydrogens is 367 g/mol. The number of ether oxygens (including phenoxy) is 3. The maximum Gasteiger partial charge on any atom is 0.343 e. The molecule has 0 radical (unpaired) electrons. The van der Waals surface area contributed by atoms with E-state index in [-0.39, 0.29) is 34.0 Å². The van der Waals surface area contributed by atoms with Gasteiger partial charge in [0.15, 0.2) is 11.6 Å². The zero-order valence-electron chi connectivity index (χ0n) is 15.3. The third-order valence-corrected chi connectivity index (χ3v) is 3.31. The Morgan fingerprint density at radius 3 is 1.79 bits per heavy atom. The van der Waals surface area contributed by atoms with Gasteiger partial charge in [-0.05, 0) is 56.3 Å². The van der Waals surface area contributed by atoms with Crippen molar-refractivity contribution in [2.24, 2.45) is 0 Å². The molecule has 0 bridgehead atoms. The molecule has 6 nitrogen and oxygen atoms in total. The Kier molecular flexibility index (Phi) is 6.44. The summed E-state index contributed by atoms with van der Waals surface area (Å²) in [4.78, 5) is 35.0. The molecule has 2 rings (SSSR count). The van der Waals surface area contributed by atoms with Crippen LogP contribution in [0.1, 0.15) is 24.2 Å². The Hall–Kier alpha value is -3.74. The first kappa shape index (κ1) is 20.6. The van der Waals surface area contributed by atoms with Gasteiger partial charge in [-0.2, -0.15) is 0 Å². The summed E-state index contributed by atoms with van der Waals surface area (Å²) in [7, 11) is 0. The average molecular weight is 384 g/mol. The first-order chi connectivity index (χ1) is 13.2. The van der Waals surface area contributed by atoms with Crippen LogP contribution in [0.25, 0.3) is 0 Å². The molecule has 2 aromatic rings. The zero-order chi connectivity index (χ0) is 20.8. The van der Waals surface area contributed by atoms with Gasteiger partial charge in [0.25, 0.3) is 0 Å². The molecule has 0 amide bonds. The van der Waals surface area contributed by atoms with Crippen molar-refractivity contribution in [2.75, 3.05) is 0 Å². The highest BCUT2D eigenvalue weighted by molar-refractivity contribution is 5.92. The monoisotopic (exact) mass is 384 g/mol. The summed E-state index contributed by atoms with van der Waals surface area (Å²) in [6, 6.07) is 9.00. The van der Waals surface area contributed by atoms with Gasteiger partial charge in [-0.3, -0.25) is 0 Å². The molecule has 0 heterocycles. The van der Waals surface area contributed by atoms with Gasteiger partial charge in [-0.25, -0.2) is 18.8 Å². The fourth-order valence-corrected chi connectivity index (χ4v) is 1.83. The van der Waals surface area contributed by atoms with Gasteiger partial charge in [0.05, 0.1) is 5.56 Å². The molecule has 0 aliphatic rings. The summed E-state index contributed by atoms with van der Waals surface area (Å²) < 4.78 is 29.0. The third-order valence-electron chi connectivity index (χ3n) is 3.31. The highest BCUT2D eigenvalue weighted by atomic mass is 19.1. The zero-order valence-corrected chi connectivity index (χ0v) is 15.3. The lowest BCUT2D eigenvalue weighted by atomic mass is 10.2. The predicted octanol–water partition coefficient (Wildman–Crippen LogP) is 4.01. The third kappa shape index (κ3) is 5.38. The minimum absolute atomic E-state index is 0.0783. The van der Waals surface area contributed by atoms with Crippen molar-refractivity contribution >= 4 is 17.9 Å². The summed E-state index contributed by atoms with van der Waals surface area (Å²) >= 11 is 0. The van der Waals surface area contributed by atoms with Crippen molar-refractivity contribution in [1.82, 2.24) is 0 Å². The predicted molar refractivity (Wildman–Crippen MR) is 98.7 cm³/mol. The second-order valence-corrected chi connectivity index (χ2v) is 5.85. The van der Waals surface area contributed by atoms with Crippen LogP contribution in [-0.2, 0) is 9.59 Å². The van der Waals surface area contributed by atoms with Gasteiger partial charge < -0.3 is 14.2 Å². The van der Waals surface area contributed by atoms with Gasteiger partial charge in [0, 0.05) is 11.1 Å². The second kappa shape index (κ2) is 8.77. The van der Waals surface area contributed by atoms with E-state index in [2.05, 4.69) is 13.2 Å². The number of esters is 3. The number of benzene rings is 2. The number of halogens is 1. The van der Waals surface area contributed by atoms with Gasteiger partial charge >= 0.3 is 17.9 Å². The van der Waals surface area contributed by atoms with Crippen molar-refractivity contribution in [3.8, 4) is 17.2 Å². The maximum absolute atomic E-state index is 14.0. The van der Waals surface area contributed by atoms with E-state index < -0.39 is 23.7 Å². The summed E-state index contributed by atoms with van der Waals surface area (Å²) in [5.74, 6) is -2.97. The molecule has 0 aromatic heterocycles. The van der Waals surface area contributed by atoms with Crippen molar-refractivity contribution in [3.05, 3.63) is 78.1 Å². The molecule has 0 saturated carbocycles. The molecule has 0 unspecified atom stereocenters. The van der Waals surface area contributed by atoms with E-state index in [9.17, 15) is 18.8 Å². The quantitative estimate of drug-likeness (QED) is 0.425. The highest BCUT2D eigenvalue weighted by Crippen LogP contribution is 2.22. The van der Waals surface area contributed by atoms with Crippen LogP contribution >= 0.6 is 0 Å². The molecule has 2 aromatic carbocycles. The number of rotatable bonds is 6. The van der Waals surface area contributed by atoms with Crippen molar-refractivity contribution in [2.45, 2.75) is 13.8 Å². The van der Waals surface area contributed by atoms with Crippen molar-refractivity contribution in [1.29, 1.82) is 0 Å². The van der Waals surface area contributed by atoms with Crippen molar-refractivity contribution in [3.63, 3.8) is 0 Å². The van der Waals surface area contributed by atoms with Gasteiger partial charge in [-0.1, -0.05) is 13.2 Å². The minimum atomic E-state index is -0.897. The second-order valence-electron chi connectivity index (χ2n) is 5.85. The fourth-order valence-electron chi connectivity index (χ4n) is 1.83. The van der Waals surface area contributed by atoms with Crippen LogP contribution in [0, 0.1) is 5.82 Å². The number of carbonyl (C=O) groups is 3. The number of carbonyl (C=O) groups excluding carboxylic acids is 3. The first-order valence-electron chi connectivity index (χ1n) is 8.04. The molecule has 0 spiro atoms. The van der Waals surface area contributed by atoms with Crippen LogP contribution in [0.15, 0.2) is 66.8 Å². The average Bonchev–Trinajstić information content (AvgIpc) is 2.64. The molecular formula is C21H17FO6. The lowest BCUT2D eigenvalue weighted by molar-refractivity contribution is -0.131. The Morgan fingerprint density at radius 2 is 1.29 bits per heavy atom. The number of hydrogen-bond acceptors (Lipinski definition) is 6. The normalized spacial score (nSPS) is 9.96. The van der Waals surface area contributed by atoms with Crippen LogP contribution in [0.5, 0.6) is 17.2 Å². The lowest BCUT2D eigenvalue weighted by Gasteiger charge is -2.08. The van der Waals surface area contributed by atoms with Crippen molar-refractivity contribution < 1.29 is 33.0 Å². The van der Waals surface area contributed by atoms with E-state index in [1.54, 1.807) is 0 Å². The molecule has 7 heteroatoms. The van der Waals surface area contributed by atoms with E-state index in [1.165, 1.54) is 44.2 Å². The maximum atomic E-state index is 14.0. The first-order valence-corrected chi connectivity index (χ1v) is 8.04. The molecule has 0 N–H and O–H groups in total. The van der Waals surface area contributed by atoms with Gasteiger partial charge in [-0.15, -0.1) is 0 Å². The Morgan fingerprint density at radius 1 is 0.786 bits per heavy atom. The van der Waals surface area contributed by atoms with Crippen LogP contribution in [0.2, 0.25) is 0 Å². The summed E-state index contributed by atoms with van der Waals surface area (Å²) in [5.41, 5.74) is 0.278. The summed E-state index contributed by atoms with van der Waals surface area (Å²) in [6.07, 6.45) is 0. The smallest absolute Gasteiger partial charge is 0.343 e. The van der Waals surface area contributed by atoms with Gasteiger partial charge in [0.1, 0.15) is 11.5 Å². The topological polar surface area (TPSA) is 78.9 Å². The highest BCUT2D eigenvalue weighted by Gasteiger charge is 2.15. The fraction of sp³-hybridized carbons (Fsp3) is 0.0952. The van der Waals surface area contributed by atoms with Crippen LogP contribution in [0.4, 0.5) is 4.39 Å². The molecule has 0 fully saturated rings. The van der Waals surface area contributed by atoms with E-state index in [0.717, 1.165) is 12.1 Å². The lowest BCUT2D eigenvalue weighted by Crippen LogP contribution is -2.12. The number of hydrogen-bond donors (Lipinski definition) is 0. The van der Waals surface area contributed by atoms with E-state index in [0.29, 0.717) is 0 Å². The molecule has 0 atom stereocenters. The summed E-state index contributed by atoms with van der Waals surface area (Å²) in [6.45, 7) is 9.82. The molecule has 28 heavy (non-hydrogen) atoms. The van der Waals surface area contributed by atoms with E-state index in [1.807, 2.05) is 0 Å². The van der Waals surface area contributed by atoms with E-state index in [4.69, 9.17) is 14.2 Å². The standard InChI is InChI=1S/C21H17FO6/c1-12(2)19(23)26-15-6-8-16(9-7-15)27-21(25)14-5-10-18(17(22)11-14)28-20(24)13(3)4/h5-11H,1,3H2,2,4H3. The largest absolute Gasteiger partial charge is 0.423 e. The van der Waals surface area contributed by atoms with Crippen LogP contribution in [0.3, 0.4) is 0 Å². The van der Waals surface area contributed by atoms with E-state index >= 15 is 0 Å². The molecule has 0 saturated heterocycles. The van der Waals surface area contributed by atoms with Crippen LogP contribution in [-0.4, -0.2) is 17.9 Å². The molecule has 0 aliphatic heterocycles.